The lowest BCUT2D eigenvalue weighted by Crippen LogP contribution is -2.61. The normalized spacial score (nSPS) is 18.4. The minimum atomic E-state index is -1.61. The molecule has 1 heterocycles. The lowest BCUT2D eigenvalue weighted by molar-refractivity contribution is -0.305. The summed E-state index contributed by atoms with van der Waals surface area (Å²) < 4.78 is 17.7. The highest BCUT2D eigenvalue weighted by atomic mass is 16.7. The molecule has 512 valence electrons. The standard InChI is InChI=1S/C76H143NO10/c1-4-7-10-13-16-19-22-25-27-29-31-33-34-35-36-37-39-41-43-46-49-52-55-58-61-64-71(81)87-74-73(83)72(82)70(65-78)86-76(74)85-66-67(68(79)62-59-56-53-50-47-44-24-21-18-15-12-9-6-3)77-75(84)69(80)63-60-57-54-51-48-45-42-40-38-32-30-28-26-23-20-17-14-11-8-5-2/h25-28,59,62,67-70,72-74,76,78-80,82-83H,4-24,29-58,60-61,63-66H2,1-3H3,(H,77,84)/b27-25+,28-26+,62-59+. The van der Waals surface area contributed by atoms with Crippen LogP contribution in [0.1, 0.15) is 374 Å². The highest BCUT2D eigenvalue weighted by molar-refractivity contribution is 5.80. The molecule has 0 aliphatic carbocycles. The minimum Gasteiger partial charge on any atom is -0.454 e. The van der Waals surface area contributed by atoms with E-state index in [-0.39, 0.29) is 13.0 Å². The lowest BCUT2D eigenvalue weighted by Gasteiger charge is -2.41. The molecule has 0 aromatic heterocycles. The second kappa shape index (κ2) is 64.0. The zero-order valence-electron chi connectivity index (χ0n) is 57.2. The van der Waals surface area contributed by atoms with E-state index in [1.807, 2.05) is 6.08 Å². The van der Waals surface area contributed by atoms with E-state index in [4.69, 9.17) is 14.2 Å². The number of amides is 1. The van der Waals surface area contributed by atoms with E-state index < -0.39 is 67.4 Å². The maximum Gasteiger partial charge on any atom is 0.306 e. The number of aliphatic hydroxyl groups excluding tert-OH is 5. The number of allylic oxidation sites excluding steroid dienone is 5. The molecule has 8 unspecified atom stereocenters. The largest absolute Gasteiger partial charge is 0.454 e. The molecular weight excluding hydrogens is 1090 g/mol. The molecule has 1 amide bonds. The van der Waals surface area contributed by atoms with Crippen LogP contribution >= 0.6 is 0 Å². The Morgan fingerprint density at radius 3 is 1.11 bits per heavy atom. The third-order valence-electron chi connectivity index (χ3n) is 18.0. The Bertz CT molecular complexity index is 1560. The number of aliphatic hydroxyl groups is 5. The number of hydrogen-bond donors (Lipinski definition) is 6. The predicted molar refractivity (Wildman–Crippen MR) is 366 cm³/mol. The van der Waals surface area contributed by atoms with E-state index in [2.05, 4.69) is 50.4 Å². The molecule has 6 N–H and O–H groups in total. The fraction of sp³-hybridized carbons (Fsp3) is 0.895. The van der Waals surface area contributed by atoms with Crippen molar-refractivity contribution in [3.8, 4) is 0 Å². The predicted octanol–water partition coefficient (Wildman–Crippen LogP) is 19.7. The summed E-state index contributed by atoms with van der Waals surface area (Å²) in [5.74, 6) is -1.18. The molecule has 0 aromatic carbocycles. The summed E-state index contributed by atoms with van der Waals surface area (Å²) in [5, 5.41) is 57.4. The zero-order chi connectivity index (χ0) is 63.1. The second-order valence-electron chi connectivity index (χ2n) is 26.4. The van der Waals surface area contributed by atoms with Gasteiger partial charge in [0, 0.05) is 6.42 Å². The number of carbonyl (C=O) groups excluding carboxylic acids is 2. The van der Waals surface area contributed by atoms with Gasteiger partial charge in [-0.05, 0) is 77.0 Å². The van der Waals surface area contributed by atoms with Gasteiger partial charge in [-0.25, -0.2) is 0 Å². The number of esters is 1. The van der Waals surface area contributed by atoms with Crippen LogP contribution in [0.25, 0.3) is 0 Å². The second-order valence-corrected chi connectivity index (χ2v) is 26.4. The maximum absolute atomic E-state index is 13.5. The first-order valence-electron chi connectivity index (χ1n) is 37.8. The van der Waals surface area contributed by atoms with Crippen molar-refractivity contribution in [2.75, 3.05) is 13.2 Å². The molecule has 0 aromatic rings. The van der Waals surface area contributed by atoms with Crippen molar-refractivity contribution >= 4 is 11.9 Å². The lowest BCUT2D eigenvalue weighted by atomic mass is 9.99. The Morgan fingerprint density at radius 1 is 0.437 bits per heavy atom. The molecule has 8 atom stereocenters. The van der Waals surface area contributed by atoms with Crippen molar-refractivity contribution in [1.29, 1.82) is 0 Å². The monoisotopic (exact) mass is 1230 g/mol. The fourth-order valence-corrected chi connectivity index (χ4v) is 12.1. The molecule has 87 heavy (non-hydrogen) atoms. The molecule has 11 heteroatoms. The van der Waals surface area contributed by atoms with Gasteiger partial charge >= 0.3 is 5.97 Å². The smallest absolute Gasteiger partial charge is 0.306 e. The number of unbranched alkanes of at least 4 members (excludes halogenated alkanes) is 48. The summed E-state index contributed by atoms with van der Waals surface area (Å²) in [6, 6.07) is -1.02. The van der Waals surface area contributed by atoms with Gasteiger partial charge in [0.25, 0.3) is 0 Å². The molecule has 1 aliphatic rings. The Hall–Kier alpha value is -2.12. The van der Waals surface area contributed by atoms with Crippen molar-refractivity contribution in [2.24, 2.45) is 0 Å². The van der Waals surface area contributed by atoms with Crippen molar-refractivity contribution in [3.05, 3.63) is 36.5 Å². The van der Waals surface area contributed by atoms with Gasteiger partial charge < -0.3 is 45.1 Å². The van der Waals surface area contributed by atoms with Crippen LogP contribution in [0.15, 0.2) is 36.5 Å². The molecule has 1 fully saturated rings. The summed E-state index contributed by atoms with van der Waals surface area (Å²) in [7, 11) is 0. The number of ether oxygens (including phenoxy) is 3. The summed E-state index contributed by atoms with van der Waals surface area (Å²) in [6.45, 7) is 5.85. The van der Waals surface area contributed by atoms with E-state index >= 15 is 0 Å². The summed E-state index contributed by atoms with van der Waals surface area (Å²) in [6.07, 6.45) is 69.0. The van der Waals surface area contributed by atoms with Crippen molar-refractivity contribution in [1.82, 2.24) is 5.32 Å². The average molecular weight is 1230 g/mol. The summed E-state index contributed by atoms with van der Waals surface area (Å²) in [4.78, 5) is 26.7. The molecule has 1 rings (SSSR count). The van der Waals surface area contributed by atoms with E-state index in [0.717, 1.165) is 57.8 Å². The summed E-state index contributed by atoms with van der Waals surface area (Å²) in [5.41, 5.74) is 0. The molecule has 1 saturated heterocycles. The first kappa shape index (κ1) is 82.9. The van der Waals surface area contributed by atoms with Gasteiger partial charge in [0.1, 0.15) is 24.4 Å². The highest BCUT2D eigenvalue weighted by Gasteiger charge is 2.47. The van der Waals surface area contributed by atoms with Gasteiger partial charge in [-0.1, -0.05) is 327 Å². The Kier molecular flexibility index (Phi) is 61.0. The summed E-state index contributed by atoms with van der Waals surface area (Å²) >= 11 is 0. The maximum atomic E-state index is 13.5. The topological polar surface area (TPSA) is 175 Å². The molecule has 11 nitrogen and oxygen atoms in total. The van der Waals surface area contributed by atoms with Crippen LogP contribution in [0, 0.1) is 0 Å². The van der Waals surface area contributed by atoms with E-state index in [0.29, 0.717) is 19.3 Å². The van der Waals surface area contributed by atoms with E-state index in [1.54, 1.807) is 6.08 Å². The van der Waals surface area contributed by atoms with E-state index in [1.165, 1.54) is 270 Å². The van der Waals surface area contributed by atoms with E-state index in [9.17, 15) is 35.1 Å². The third-order valence-corrected chi connectivity index (χ3v) is 18.0. The molecule has 0 spiro atoms. The van der Waals surface area contributed by atoms with Crippen LogP contribution in [0.5, 0.6) is 0 Å². The number of nitrogens with one attached hydrogen (secondary N) is 1. The molecule has 0 radical (unpaired) electrons. The first-order valence-corrected chi connectivity index (χ1v) is 37.8. The van der Waals surface area contributed by atoms with Crippen LogP contribution in [0.3, 0.4) is 0 Å². The van der Waals surface area contributed by atoms with Gasteiger partial charge in [0.15, 0.2) is 12.4 Å². The number of rotatable bonds is 66. The van der Waals surface area contributed by atoms with Gasteiger partial charge in [-0.15, -0.1) is 0 Å². The van der Waals surface area contributed by atoms with Gasteiger partial charge in [0.05, 0.1) is 25.4 Å². The quantitative estimate of drug-likeness (QED) is 0.0195. The first-order chi connectivity index (χ1) is 42.7. The van der Waals surface area contributed by atoms with Gasteiger partial charge in [-0.2, -0.15) is 0 Å². The molecule has 1 aliphatic heterocycles. The zero-order valence-corrected chi connectivity index (χ0v) is 57.2. The van der Waals surface area contributed by atoms with Crippen molar-refractivity contribution in [3.63, 3.8) is 0 Å². The number of hydrogen-bond acceptors (Lipinski definition) is 10. The minimum absolute atomic E-state index is 0.128. The molecule has 0 bridgehead atoms. The van der Waals surface area contributed by atoms with Crippen LogP contribution in [0.2, 0.25) is 0 Å². The van der Waals surface area contributed by atoms with Crippen molar-refractivity contribution in [2.45, 2.75) is 423 Å². The van der Waals surface area contributed by atoms with Crippen LogP contribution in [-0.4, -0.2) is 99.6 Å². The Morgan fingerprint density at radius 2 is 0.759 bits per heavy atom. The Balaban J connectivity index is 2.54. The van der Waals surface area contributed by atoms with Crippen molar-refractivity contribution < 1.29 is 49.3 Å². The highest BCUT2D eigenvalue weighted by Crippen LogP contribution is 2.27. The fourth-order valence-electron chi connectivity index (χ4n) is 12.1. The van der Waals surface area contributed by atoms with Gasteiger partial charge in [0.2, 0.25) is 5.91 Å². The molecule has 0 saturated carbocycles. The number of carbonyl (C=O) groups is 2. The van der Waals surface area contributed by atoms with Crippen LogP contribution < -0.4 is 5.32 Å². The SMILES string of the molecule is CCCCCCCC/C=C/CCCCCCCCCCCCCCCCCC(=O)OC1C(OCC(NC(=O)C(O)CCCCCCCCCCCC/C=C/CCCCCCCC)C(O)/C=C/CCCCCCCCCCCCC)OC(CO)C(O)C1O. The average Bonchev–Trinajstić information content (AvgIpc) is 2.32. The van der Waals surface area contributed by atoms with Crippen LogP contribution in [0.4, 0.5) is 0 Å². The third kappa shape index (κ3) is 51.1. The van der Waals surface area contributed by atoms with Crippen LogP contribution in [-0.2, 0) is 23.8 Å². The van der Waals surface area contributed by atoms with Gasteiger partial charge in [-0.3, -0.25) is 9.59 Å². The Labute approximate surface area is 536 Å². The molecular formula is C76H143NO10.